The van der Waals surface area contributed by atoms with Crippen molar-refractivity contribution in [3.8, 4) is 0 Å². The van der Waals surface area contributed by atoms with Crippen LogP contribution in [0.25, 0.3) is 0 Å². The average molecular weight is 426 g/mol. The minimum atomic E-state index is -0.127. The molecule has 2 aromatic heterocycles. The number of carbonyl (C=O) groups excluding carboxylic acids is 1. The zero-order valence-electron chi connectivity index (χ0n) is 16.4. The second-order valence-electron chi connectivity index (χ2n) is 7.28. The molecule has 1 fully saturated rings. The molecule has 1 aliphatic rings. The predicted octanol–water partition coefficient (Wildman–Crippen LogP) is 4.41. The maximum absolute atomic E-state index is 12.8. The van der Waals surface area contributed by atoms with E-state index >= 15 is 0 Å². The smallest absolute Gasteiger partial charge is 0.254 e. The van der Waals surface area contributed by atoms with Gasteiger partial charge in [-0.1, -0.05) is 29.5 Å². The number of nitrogens with one attached hydrogen (secondary N) is 2. The van der Waals surface area contributed by atoms with Crippen molar-refractivity contribution < 1.29 is 4.79 Å². The first-order chi connectivity index (χ1) is 14.0. The number of hydrogen-bond acceptors (Lipinski definition) is 5. The average Bonchev–Trinajstić information content (AvgIpc) is 3.47. The Morgan fingerprint density at radius 3 is 2.93 bits per heavy atom. The van der Waals surface area contributed by atoms with Gasteiger partial charge in [-0.2, -0.15) is 5.10 Å². The fourth-order valence-electron chi connectivity index (χ4n) is 3.27. The Balaban J connectivity index is 1.43. The zero-order chi connectivity index (χ0) is 20.4. The normalized spacial score (nSPS) is 13.4. The van der Waals surface area contributed by atoms with E-state index in [-0.39, 0.29) is 5.91 Å². The fraction of sp³-hybridized carbons (Fsp3) is 0.333. The first-order valence-electron chi connectivity index (χ1n) is 9.67. The highest BCUT2D eigenvalue weighted by Crippen LogP contribution is 2.35. The van der Waals surface area contributed by atoms with Gasteiger partial charge in [-0.25, -0.2) is 4.98 Å². The third-order valence-electron chi connectivity index (χ3n) is 4.88. The topological polar surface area (TPSA) is 75.6 Å². The molecule has 4 rings (SSSR count). The van der Waals surface area contributed by atoms with Crippen LogP contribution in [0.3, 0.4) is 0 Å². The summed E-state index contributed by atoms with van der Waals surface area (Å²) in [5.74, 6) is 0.770. The minimum absolute atomic E-state index is 0.127. The van der Waals surface area contributed by atoms with E-state index in [1.54, 1.807) is 12.3 Å². The molecular formula is C21H23N5OS2. The summed E-state index contributed by atoms with van der Waals surface area (Å²) < 4.78 is 2.74. The van der Waals surface area contributed by atoms with E-state index in [1.807, 2.05) is 6.07 Å². The van der Waals surface area contributed by atoms with Gasteiger partial charge in [0.15, 0.2) is 4.77 Å². The number of H-pyrrole nitrogens is 1. The highest BCUT2D eigenvalue weighted by atomic mass is 32.2. The van der Waals surface area contributed by atoms with Crippen molar-refractivity contribution in [3.05, 3.63) is 63.8 Å². The van der Waals surface area contributed by atoms with Crippen LogP contribution in [0.15, 0.2) is 46.5 Å². The van der Waals surface area contributed by atoms with Crippen molar-refractivity contribution in [3.63, 3.8) is 0 Å². The Morgan fingerprint density at radius 2 is 2.17 bits per heavy atom. The molecule has 1 aliphatic carbocycles. The first kappa shape index (κ1) is 19.8. The van der Waals surface area contributed by atoms with E-state index in [0.29, 0.717) is 34.4 Å². The van der Waals surface area contributed by atoms with Crippen LogP contribution in [0, 0.1) is 18.6 Å². The number of hydrogen-bond donors (Lipinski definition) is 2. The summed E-state index contributed by atoms with van der Waals surface area (Å²) in [5.41, 5.74) is 2.98. The van der Waals surface area contributed by atoms with E-state index in [4.69, 9.17) is 12.2 Å². The van der Waals surface area contributed by atoms with Gasteiger partial charge in [0.2, 0.25) is 0 Å². The number of aromatic amines is 1. The van der Waals surface area contributed by atoms with Gasteiger partial charge in [0.05, 0.1) is 5.56 Å². The maximum atomic E-state index is 12.8. The Hall–Kier alpha value is -2.45. The van der Waals surface area contributed by atoms with Gasteiger partial charge in [-0.05, 0) is 62.7 Å². The Morgan fingerprint density at radius 1 is 1.34 bits per heavy atom. The van der Waals surface area contributed by atoms with E-state index < -0.39 is 0 Å². The van der Waals surface area contributed by atoms with Crippen molar-refractivity contribution >= 4 is 29.9 Å². The molecule has 0 radical (unpaired) electrons. The predicted molar refractivity (Wildman–Crippen MR) is 116 cm³/mol. The third-order valence-corrected chi connectivity index (χ3v) is 6.36. The summed E-state index contributed by atoms with van der Waals surface area (Å²) in [4.78, 5) is 18.3. The molecule has 29 heavy (non-hydrogen) atoms. The summed E-state index contributed by atoms with van der Waals surface area (Å²) in [6.45, 7) is 4.64. The molecule has 1 aromatic carbocycles. The van der Waals surface area contributed by atoms with E-state index in [2.05, 4.69) is 57.1 Å². The summed E-state index contributed by atoms with van der Waals surface area (Å²) in [6.07, 6.45) is 4.63. The molecule has 150 valence electrons. The molecule has 8 heteroatoms. The van der Waals surface area contributed by atoms with Crippen LogP contribution in [0.2, 0.25) is 0 Å². The van der Waals surface area contributed by atoms with Gasteiger partial charge in [-0.15, -0.1) is 0 Å². The molecule has 0 saturated heterocycles. The van der Waals surface area contributed by atoms with E-state index in [9.17, 15) is 4.79 Å². The molecule has 0 spiro atoms. The summed E-state index contributed by atoms with van der Waals surface area (Å²) in [6, 6.07) is 10.4. The van der Waals surface area contributed by atoms with Crippen LogP contribution in [-0.4, -0.2) is 32.2 Å². The highest BCUT2D eigenvalue weighted by molar-refractivity contribution is 7.99. The van der Waals surface area contributed by atoms with E-state index in [0.717, 1.165) is 23.6 Å². The van der Waals surface area contributed by atoms with Crippen LogP contribution in [0.5, 0.6) is 0 Å². The number of benzene rings is 1. The molecule has 1 saturated carbocycles. The molecule has 0 bridgehead atoms. The molecule has 1 amide bonds. The standard InChI is InChI=1S/C21H23N5OS2/c1-13-5-8-17(14(2)12-13)29-20-16(4-3-10-23-20)19(27)22-11-9-18-24-25-21(28)26(18)15-6-7-15/h3-5,8,10,12,15H,6-7,9,11H2,1-2H3,(H,22,27)(H,25,28). The highest BCUT2D eigenvalue weighted by Gasteiger charge is 2.27. The number of nitrogens with zero attached hydrogens (tertiary/aromatic N) is 3. The SMILES string of the molecule is Cc1ccc(Sc2ncccc2C(=O)NCCc2n[nH]c(=S)n2C2CC2)c(C)c1. The van der Waals surface area contributed by atoms with Crippen molar-refractivity contribution in [1.82, 2.24) is 25.1 Å². The molecule has 2 N–H and O–H groups in total. The lowest BCUT2D eigenvalue weighted by Gasteiger charge is -2.11. The monoisotopic (exact) mass is 425 g/mol. The quantitative estimate of drug-likeness (QED) is 0.549. The van der Waals surface area contributed by atoms with Crippen LogP contribution in [-0.2, 0) is 6.42 Å². The van der Waals surface area contributed by atoms with Crippen molar-refractivity contribution in [2.45, 2.75) is 49.1 Å². The van der Waals surface area contributed by atoms with Gasteiger partial charge >= 0.3 is 0 Å². The number of aromatic nitrogens is 4. The van der Waals surface area contributed by atoms with Crippen molar-refractivity contribution in [2.24, 2.45) is 0 Å². The number of pyridine rings is 1. The van der Waals surface area contributed by atoms with Crippen molar-refractivity contribution in [2.75, 3.05) is 6.54 Å². The summed E-state index contributed by atoms with van der Waals surface area (Å²) >= 11 is 6.83. The number of amides is 1. The molecule has 0 unspecified atom stereocenters. The second-order valence-corrected chi connectivity index (χ2v) is 8.70. The molecular weight excluding hydrogens is 402 g/mol. The lowest BCUT2D eigenvalue weighted by molar-refractivity contribution is 0.0950. The van der Waals surface area contributed by atoms with E-state index in [1.165, 1.54) is 22.9 Å². The molecule has 6 nitrogen and oxygen atoms in total. The van der Waals surface area contributed by atoms with Crippen LogP contribution < -0.4 is 5.32 Å². The fourth-order valence-corrected chi connectivity index (χ4v) is 4.52. The van der Waals surface area contributed by atoms with Gasteiger partial charge in [0, 0.05) is 30.1 Å². The van der Waals surface area contributed by atoms with Gasteiger partial charge < -0.3 is 9.88 Å². The van der Waals surface area contributed by atoms with Crippen LogP contribution in [0.1, 0.15) is 46.2 Å². The maximum Gasteiger partial charge on any atom is 0.254 e. The third kappa shape index (κ3) is 4.59. The Bertz CT molecular complexity index is 1100. The van der Waals surface area contributed by atoms with Gasteiger partial charge in [0.1, 0.15) is 10.9 Å². The second kappa shape index (κ2) is 8.51. The Kier molecular flexibility index (Phi) is 5.82. The van der Waals surface area contributed by atoms with Gasteiger partial charge in [-0.3, -0.25) is 9.89 Å². The van der Waals surface area contributed by atoms with Crippen molar-refractivity contribution in [1.29, 1.82) is 0 Å². The molecule has 2 heterocycles. The molecule has 3 aromatic rings. The Labute approximate surface area is 179 Å². The largest absolute Gasteiger partial charge is 0.352 e. The molecule has 0 atom stereocenters. The summed E-state index contributed by atoms with van der Waals surface area (Å²) in [5, 5.41) is 10.9. The zero-order valence-corrected chi connectivity index (χ0v) is 18.1. The minimum Gasteiger partial charge on any atom is -0.352 e. The summed E-state index contributed by atoms with van der Waals surface area (Å²) in [7, 11) is 0. The lowest BCUT2D eigenvalue weighted by Crippen LogP contribution is -2.27. The van der Waals surface area contributed by atoms with Gasteiger partial charge in [0.25, 0.3) is 5.91 Å². The number of carbonyl (C=O) groups is 1. The number of aryl methyl sites for hydroxylation is 2. The number of rotatable bonds is 7. The van der Waals surface area contributed by atoms with Crippen LogP contribution in [0.4, 0.5) is 0 Å². The van der Waals surface area contributed by atoms with Crippen LogP contribution >= 0.6 is 24.0 Å². The molecule has 0 aliphatic heterocycles. The first-order valence-corrected chi connectivity index (χ1v) is 10.9. The lowest BCUT2D eigenvalue weighted by atomic mass is 10.2.